The molecule has 1 aromatic carbocycles. The monoisotopic (exact) mass is 407 g/mol. The van der Waals surface area contributed by atoms with Gasteiger partial charge in [0, 0.05) is 24.9 Å². The van der Waals surface area contributed by atoms with Crippen molar-refractivity contribution in [2.45, 2.75) is 12.5 Å². The molecule has 0 aliphatic heterocycles. The average molecular weight is 410 g/mol. The number of halogens is 3. The largest absolute Gasteiger partial charge is 0.312 e. The molecule has 1 aromatic heterocycles. The van der Waals surface area contributed by atoms with Crippen LogP contribution in [0.5, 0.6) is 0 Å². The molecule has 2 rings (SSSR count). The Morgan fingerprint density at radius 1 is 1.33 bits per heavy atom. The second-order valence-corrected chi connectivity index (χ2v) is 7.04. The van der Waals surface area contributed by atoms with Gasteiger partial charge in [-0.3, -0.25) is 0 Å². The Balaban J connectivity index is 2.23. The smallest absolute Gasteiger partial charge is 0.0465 e. The van der Waals surface area contributed by atoms with Gasteiger partial charge in [-0.1, -0.05) is 33.6 Å². The highest BCUT2D eigenvalue weighted by atomic mass is 79.9. The average Bonchev–Trinajstić information content (AvgIpc) is 2.75. The summed E-state index contributed by atoms with van der Waals surface area (Å²) in [6.45, 7) is 0. The van der Waals surface area contributed by atoms with Gasteiger partial charge < -0.3 is 5.32 Å². The molecule has 1 heterocycles. The lowest BCUT2D eigenvalue weighted by Crippen LogP contribution is -2.18. The minimum atomic E-state index is 0.276. The number of thiophene rings is 1. The van der Waals surface area contributed by atoms with E-state index >= 15 is 0 Å². The molecule has 1 N–H and O–H groups in total. The molecule has 96 valence electrons. The summed E-state index contributed by atoms with van der Waals surface area (Å²) in [6.07, 6.45) is 0.877. The van der Waals surface area contributed by atoms with E-state index < -0.39 is 0 Å². The summed E-state index contributed by atoms with van der Waals surface area (Å²) in [4.78, 5) is 1.30. The van der Waals surface area contributed by atoms with E-state index in [4.69, 9.17) is 11.6 Å². The van der Waals surface area contributed by atoms with Gasteiger partial charge >= 0.3 is 0 Å². The maximum atomic E-state index is 6.27. The first-order valence-electron chi connectivity index (χ1n) is 5.46. The number of rotatable bonds is 4. The van der Waals surface area contributed by atoms with E-state index in [0.29, 0.717) is 0 Å². The summed E-state index contributed by atoms with van der Waals surface area (Å²) in [5.74, 6) is 0. The molecule has 1 unspecified atom stereocenters. The minimum Gasteiger partial charge on any atom is -0.312 e. The van der Waals surface area contributed by atoms with Gasteiger partial charge in [0.25, 0.3) is 0 Å². The van der Waals surface area contributed by atoms with Crippen molar-refractivity contribution in [1.29, 1.82) is 0 Å². The van der Waals surface area contributed by atoms with Crippen molar-refractivity contribution in [3.8, 4) is 0 Å². The number of hydrogen-bond acceptors (Lipinski definition) is 2. The molecule has 0 spiro atoms. The molecule has 0 fully saturated rings. The highest BCUT2D eigenvalue weighted by Crippen LogP contribution is 2.32. The molecule has 0 aliphatic rings. The fourth-order valence-electron chi connectivity index (χ4n) is 1.79. The maximum absolute atomic E-state index is 6.27. The first-order chi connectivity index (χ1) is 8.61. The van der Waals surface area contributed by atoms with Crippen LogP contribution in [-0.4, -0.2) is 7.05 Å². The van der Waals surface area contributed by atoms with E-state index in [0.717, 1.165) is 26.0 Å². The third kappa shape index (κ3) is 3.36. The van der Waals surface area contributed by atoms with Crippen molar-refractivity contribution < 1.29 is 0 Å². The Labute approximate surface area is 133 Å². The molecule has 0 amide bonds. The fraction of sp³-hybridized carbons (Fsp3) is 0.231. The third-order valence-electron chi connectivity index (χ3n) is 2.75. The zero-order valence-electron chi connectivity index (χ0n) is 9.71. The SMILES string of the molecule is CNC(Cc1ccc(Br)cc1Cl)c1sccc1Br. The number of benzene rings is 1. The first-order valence-corrected chi connectivity index (χ1v) is 8.30. The summed E-state index contributed by atoms with van der Waals surface area (Å²) >= 11 is 15.0. The lowest BCUT2D eigenvalue weighted by atomic mass is 10.0. The summed E-state index contributed by atoms with van der Waals surface area (Å²) in [5, 5.41) is 6.24. The summed E-state index contributed by atoms with van der Waals surface area (Å²) < 4.78 is 2.16. The normalized spacial score (nSPS) is 12.7. The molecule has 0 radical (unpaired) electrons. The van der Waals surface area contributed by atoms with Crippen LogP contribution in [0.3, 0.4) is 0 Å². The highest BCUT2D eigenvalue weighted by molar-refractivity contribution is 9.10. The van der Waals surface area contributed by atoms with Crippen molar-refractivity contribution in [2.24, 2.45) is 0 Å². The number of hydrogen-bond donors (Lipinski definition) is 1. The van der Waals surface area contributed by atoms with E-state index in [9.17, 15) is 0 Å². The van der Waals surface area contributed by atoms with E-state index in [1.165, 1.54) is 4.88 Å². The molecule has 1 atom stereocenters. The molecule has 5 heteroatoms. The van der Waals surface area contributed by atoms with Gasteiger partial charge in [0.2, 0.25) is 0 Å². The summed E-state index contributed by atoms with van der Waals surface area (Å²) in [6, 6.07) is 8.38. The standard InChI is InChI=1S/C13H12Br2ClNS/c1-17-12(13-10(15)4-5-18-13)6-8-2-3-9(14)7-11(8)16/h2-5,7,12,17H,6H2,1H3. The number of nitrogens with one attached hydrogen (secondary N) is 1. The van der Waals surface area contributed by atoms with Crippen molar-refractivity contribution in [3.05, 3.63) is 54.1 Å². The summed E-state index contributed by atoms with van der Waals surface area (Å²) in [7, 11) is 1.98. The van der Waals surface area contributed by atoms with E-state index in [2.05, 4.69) is 54.7 Å². The van der Waals surface area contributed by atoms with E-state index in [-0.39, 0.29) is 6.04 Å². The third-order valence-corrected chi connectivity index (χ3v) is 5.58. The molecular formula is C13H12Br2ClNS. The molecule has 18 heavy (non-hydrogen) atoms. The Morgan fingerprint density at radius 3 is 2.67 bits per heavy atom. The second-order valence-electron chi connectivity index (χ2n) is 3.91. The van der Waals surface area contributed by atoms with Gasteiger partial charge in [-0.25, -0.2) is 0 Å². The fourth-order valence-corrected chi connectivity index (χ4v) is 4.30. The van der Waals surface area contributed by atoms with Crippen LogP contribution in [0, 0.1) is 0 Å². The van der Waals surface area contributed by atoms with Crippen LogP contribution in [0.2, 0.25) is 5.02 Å². The van der Waals surface area contributed by atoms with Crippen molar-refractivity contribution in [1.82, 2.24) is 5.32 Å². The lowest BCUT2D eigenvalue weighted by molar-refractivity contribution is 0.600. The Bertz CT molecular complexity index is 542. The highest BCUT2D eigenvalue weighted by Gasteiger charge is 2.16. The van der Waals surface area contributed by atoms with Gasteiger partial charge in [0.15, 0.2) is 0 Å². The molecular weight excluding hydrogens is 397 g/mol. The second kappa shape index (κ2) is 6.53. The quantitative estimate of drug-likeness (QED) is 0.710. The summed E-state index contributed by atoms with van der Waals surface area (Å²) in [5.41, 5.74) is 1.15. The van der Waals surface area contributed by atoms with Gasteiger partial charge in [-0.2, -0.15) is 0 Å². The Morgan fingerprint density at radius 2 is 2.11 bits per heavy atom. The van der Waals surface area contributed by atoms with Gasteiger partial charge in [-0.05, 0) is 58.5 Å². The molecule has 2 aromatic rings. The Hall–Kier alpha value is 0.130. The molecule has 0 aliphatic carbocycles. The Kier molecular flexibility index (Phi) is 5.27. The van der Waals surface area contributed by atoms with E-state index in [1.807, 2.05) is 19.2 Å². The minimum absolute atomic E-state index is 0.276. The molecule has 1 nitrogen and oxygen atoms in total. The molecule has 0 bridgehead atoms. The van der Waals surface area contributed by atoms with Crippen LogP contribution >= 0.6 is 54.8 Å². The van der Waals surface area contributed by atoms with Crippen LogP contribution in [-0.2, 0) is 6.42 Å². The molecule has 0 saturated carbocycles. The van der Waals surface area contributed by atoms with Crippen LogP contribution in [0.25, 0.3) is 0 Å². The number of likely N-dealkylation sites (N-methyl/N-ethyl adjacent to an activating group) is 1. The van der Waals surface area contributed by atoms with Crippen molar-refractivity contribution in [2.75, 3.05) is 7.05 Å². The molecule has 0 saturated heterocycles. The van der Waals surface area contributed by atoms with Crippen LogP contribution < -0.4 is 5.32 Å². The van der Waals surface area contributed by atoms with E-state index in [1.54, 1.807) is 11.3 Å². The van der Waals surface area contributed by atoms with Crippen molar-refractivity contribution in [3.63, 3.8) is 0 Å². The zero-order chi connectivity index (χ0) is 13.1. The van der Waals surface area contributed by atoms with Crippen molar-refractivity contribution >= 4 is 54.8 Å². The lowest BCUT2D eigenvalue weighted by Gasteiger charge is -2.16. The van der Waals surface area contributed by atoms with Gasteiger partial charge in [0.05, 0.1) is 0 Å². The zero-order valence-corrected chi connectivity index (χ0v) is 14.5. The predicted octanol–water partition coefficient (Wildman–Crippen LogP) is 5.43. The first kappa shape index (κ1) is 14.5. The van der Waals surface area contributed by atoms with Crippen LogP contribution in [0.1, 0.15) is 16.5 Å². The van der Waals surface area contributed by atoms with Crippen LogP contribution in [0.4, 0.5) is 0 Å². The van der Waals surface area contributed by atoms with Gasteiger partial charge in [-0.15, -0.1) is 11.3 Å². The maximum Gasteiger partial charge on any atom is 0.0465 e. The van der Waals surface area contributed by atoms with Gasteiger partial charge in [0.1, 0.15) is 0 Å². The predicted molar refractivity (Wildman–Crippen MR) is 86.7 cm³/mol. The topological polar surface area (TPSA) is 12.0 Å². The van der Waals surface area contributed by atoms with Crippen LogP contribution in [0.15, 0.2) is 38.6 Å².